The van der Waals surface area contributed by atoms with Gasteiger partial charge < -0.3 is 5.73 Å². The van der Waals surface area contributed by atoms with Crippen LogP contribution in [0.4, 0.5) is 0 Å². The molecule has 0 aromatic heterocycles. The van der Waals surface area contributed by atoms with Crippen molar-refractivity contribution in [3.63, 3.8) is 0 Å². The van der Waals surface area contributed by atoms with Crippen LogP contribution in [-0.4, -0.2) is 0 Å². The molecule has 0 aliphatic heterocycles. The average molecular weight is 374 g/mol. The molecule has 0 saturated carbocycles. The summed E-state index contributed by atoms with van der Waals surface area (Å²) in [5.41, 5.74) is 8.97. The van der Waals surface area contributed by atoms with E-state index in [-0.39, 0.29) is 5.54 Å². The van der Waals surface area contributed by atoms with Crippen molar-refractivity contribution in [1.29, 1.82) is 0 Å². The number of hydrogen-bond donors (Lipinski definition) is 1. The Morgan fingerprint density at radius 2 is 1.15 bits per heavy atom. The molecule has 1 nitrogen and oxygen atoms in total. The van der Waals surface area contributed by atoms with Crippen LogP contribution in [0.5, 0.6) is 0 Å². The molecule has 1 heteroatoms. The van der Waals surface area contributed by atoms with E-state index in [1.54, 1.807) is 0 Å². The van der Waals surface area contributed by atoms with Crippen molar-refractivity contribution in [3.05, 3.63) is 35.4 Å². The summed E-state index contributed by atoms with van der Waals surface area (Å²) in [4.78, 5) is 0. The van der Waals surface area contributed by atoms with E-state index in [2.05, 4.69) is 45.0 Å². The van der Waals surface area contributed by atoms with Crippen LogP contribution in [0.3, 0.4) is 0 Å². The van der Waals surface area contributed by atoms with Gasteiger partial charge >= 0.3 is 0 Å². The van der Waals surface area contributed by atoms with E-state index in [0.29, 0.717) is 0 Å². The molecule has 0 aliphatic rings. The first-order valence-electron chi connectivity index (χ1n) is 11.9. The first kappa shape index (κ1) is 24.2. The number of benzene rings is 1. The molecule has 0 spiro atoms. The molecule has 0 radical (unpaired) electrons. The number of rotatable bonds is 17. The smallest absolute Gasteiger partial charge is 0.0381 e. The Balaban J connectivity index is 1.90. The standard InChI is InChI=1S/C26H47N/c1-4-5-6-7-8-9-10-11-12-13-14-15-16-17-18-22-26(3,27)25-21-19-20-24(2)23-25/h19-21,23H,4-18,22,27H2,1-3H3. The fourth-order valence-corrected chi connectivity index (χ4v) is 4.01. The monoisotopic (exact) mass is 373 g/mol. The normalized spacial score (nSPS) is 13.6. The molecular formula is C26H47N. The number of aryl methyl sites for hydroxylation is 1. The molecule has 1 rings (SSSR count). The second kappa shape index (κ2) is 15.1. The van der Waals surface area contributed by atoms with Gasteiger partial charge in [-0.2, -0.15) is 0 Å². The molecule has 0 fully saturated rings. The first-order valence-corrected chi connectivity index (χ1v) is 11.9. The highest BCUT2D eigenvalue weighted by atomic mass is 14.7. The van der Waals surface area contributed by atoms with Crippen molar-refractivity contribution in [3.8, 4) is 0 Å². The van der Waals surface area contributed by atoms with Crippen molar-refractivity contribution in [2.75, 3.05) is 0 Å². The molecule has 2 N–H and O–H groups in total. The Morgan fingerprint density at radius 3 is 1.59 bits per heavy atom. The average Bonchev–Trinajstić information content (AvgIpc) is 2.65. The fraction of sp³-hybridized carbons (Fsp3) is 0.769. The minimum atomic E-state index is -0.178. The topological polar surface area (TPSA) is 26.0 Å². The molecule has 0 aliphatic carbocycles. The fourth-order valence-electron chi connectivity index (χ4n) is 4.01. The van der Waals surface area contributed by atoms with Crippen LogP contribution < -0.4 is 5.73 Å². The van der Waals surface area contributed by atoms with Crippen LogP contribution in [0.1, 0.15) is 128 Å². The van der Waals surface area contributed by atoms with E-state index in [1.165, 1.54) is 107 Å². The predicted molar refractivity (Wildman–Crippen MR) is 122 cm³/mol. The van der Waals surface area contributed by atoms with Gasteiger partial charge in [-0.3, -0.25) is 0 Å². The zero-order valence-electron chi connectivity index (χ0n) is 18.7. The lowest BCUT2D eigenvalue weighted by atomic mass is 9.87. The second-order valence-corrected chi connectivity index (χ2v) is 8.99. The van der Waals surface area contributed by atoms with Crippen LogP contribution in [0.15, 0.2) is 24.3 Å². The summed E-state index contributed by atoms with van der Waals surface area (Å²) in [5, 5.41) is 0. The largest absolute Gasteiger partial charge is 0.322 e. The highest BCUT2D eigenvalue weighted by Crippen LogP contribution is 2.25. The number of hydrogen-bond acceptors (Lipinski definition) is 1. The Kier molecular flexibility index (Phi) is 13.6. The van der Waals surface area contributed by atoms with Gasteiger partial charge in [-0.1, -0.05) is 133 Å². The lowest BCUT2D eigenvalue weighted by Crippen LogP contribution is -2.32. The molecular weight excluding hydrogens is 326 g/mol. The molecule has 1 atom stereocenters. The van der Waals surface area contributed by atoms with Gasteiger partial charge in [-0.25, -0.2) is 0 Å². The van der Waals surface area contributed by atoms with Gasteiger partial charge in [0.05, 0.1) is 0 Å². The third-order valence-corrected chi connectivity index (χ3v) is 5.98. The van der Waals surface area contributed by atoms with Crippen LogP contribution in [0, 0.1) is 6.92 Å². The maximum Gasteiger partial charge on any atom is 0.0381 e. The maximum atomic E-state index is 6.56. The van der Waals surface area contributed by atoms with Gasteiger partial charge in [0, 0.05) is 5.54 Å². The van der Waals surface area contributed by atoms with Gasteiger partial charge in [-0.05, 0) is 25.8 Å². The Hall–Kier alpha value is -0.820. The summed E-state index contributed by atoms with van der Waals surface area (Å²) < 4.78 is 0. The van der Waals surface area contributed by atoms with Gasteiger partial charge in [-0.15, -0.1) is 0 Å². The molecule has 0 saturated heterocycles. The van der Waals surface area contributed by atoms with Crippen molar-refractivity contribution < 1.29 is 0 Å². The third kappa shape index (κ3) is 12.3. The SMILES string of the molecule is CCCCCCCCCCCCCCCCCC(C)(N)c1cccc(C)c1. The van der Waals surface area contributed by atoms with Gasteiger partial charge in [0.1, 0.15) is 0 Å². The van der Waals surface area contributed by atoms with Crippen molar-refractivity contribution in [2.24, 2.45) is 5.73 Å². The highest BCUT2D eigenvalue weighted by molar-refractivity contribution is 5.27. The lowest BCUT2D eigenvalue weighted by molar-refractivity contribution is 0.420. The van der Waals surface area contributed by atoms with Gasteiger partial charge in [0.25, 0.3) is 0 Å². The van der Waals surface area contributed by atoms with E-state index in [4.69, 9.17) is 5.73 Å². The maximum absolute atomic E-state index is 6.56. The third-order valence-electron chi connectivity index (χ3n) is 5.98. The summed E-state index contributed by atoms with van der Waals surface area (Å²) in [6.45, 7) is 6.62. The first-order chi connectivity index (χ1) is 13.1. The zero-order valence-corrected chi connectivity index (χ0v) is 18.7. The van der Waals surface area contributed by atoms with E-state index in [9.17, 15) is 0 Å². The van der Waals surface area contributed by atoms with E-state index in [1.807, 2.05) is 0 Å². The van der Waals surface area contributed by atoms with Crippen LogP contribution in [0.2, 0.25) is 0 Å². The molecule has 0 heterocycles. The van der Waals surface area contributed by atoms with E-state index in [0.717, 1.165) is 6.42 Å². The minimum absolute atomic E-state index is 0.178. The number of nitrogens with two attached hydrogens (primary N) is 1. The molecule has 156 valence electrons. The van der Waals surface area contributed by atoms with E-state index >= 15 is 0 Å². The van der Waals surface area contributed by atoms with Gasteiger partial charge in [0.2, 0.25) is 0 Å². The Morgan fingerprint density at radius 1 is 0.704 bits per heavy atom. The van der Waals surface area contributed by atoms with Crippen molar-refractivity contribution in [1.82, 2.24) is 0 Å². The Bertz CT molecular complexity index is 463. The molecule has 1 aromatic rings. The Labute approximate surface area is 170 Å². The second-order valence-electron chi connectivity index (χ2n) is 8.99. The summed E-state index contributed by atoms with van der Waals surface area (Å²) in [6.07, 6.45) is 22.3. The van der Waals surface area contributed by atoms with Crippen LogP contribution >= 0.6 is 0 Å². The molecule has 1 aromatic carbocycles. The van der Waals surface area contributed by atoms with Crippen molar-refractivity contribution >= 4 is 0 Å². The van der Waals surface area contributed by atoms with Crippen molar-refractivity contribution in [2.45, 2.75) is 129 Å². The van der Waals surface area contributed by atoms with Crippen LogP contribution in [0.25, 0.3) is 0 Å². The molecule has 1 unspecified atom stereocenters. The zero-order chi connectivity index (χ0) is 19.8. The molecule has 0 bridgehead atoms. The summed E-state index contributed by atoms with van der Waals surface area (Å²) in [7, 11) is 0. The summed E-state index contributed by atoms with van der Waals surface area (Å²) in [6, 6.07) is 8.69. The predicted octanol–water partition coefficient (Wildman–Crippen LogP) is 8.43. The quantitative estimate of drug-likeness (QED) is 0.272. The lowest BCUT2D eigenvalue weighted by Gasteiger charge is -2.25. The highest BCUT2D eigenvalue weighted by Gasteiger charge is 2.20. The summed E-state index contributed by atoms with van der Waals surface area (Å²) in [5.74, 6) is 0. The molecule has 27 heavy (non-hydrogen) atoms. The van der Waals surface area contributed by atoms with Crippen LogP contribution in [-0.2, 0) is 5.54 Å². The number of unbranched alkanes of at least 4 members (excludes halogenated alkanes) is 14. The van der Waals surface area contributed by atoms with Gasteiger partial charge in [0.15, 0.2) is 0 Å². The summed E-state index contributed by atoms with van der Waals surface area (Å²) >= 11 is 0. The minimum Gasteiger partial charge on any atom is -0.322 e. The van der Waals surface area contributed by atoms with E-state index < -0.39 is 0 Å². The molecule has 0 amide bonds.